The van der Waals surface area contributed by atoms with Crippen LogP contribution in [0, 0.1) is 12.3 Å². The minimum Gasteiger partial charge on any atom is -0.481 e. The Hall–Kier alpha value is -1.45. The quantitative estimate of drug-likeness (QED) is 0.781. The number of carboxylic acids is 1. The summed E-state index contributed by atoms with van der Waals surface area (Å²) in [5.41, 5.74) is 1.31. The van der Waals surface area contributed by atoms with Gasteiger partial charge in [-0.3, -0.25) is 4.79 Å². The van der Waals surface area contributed by atoms with Crippen molar-refractivity contribution in [3.63, 3.8) is 0 Å². The van der Waals surface area contributed by atoms with Crippen molar-refractivity contribution in [3.8, 4) is 0 Å². The van der Waals surface area contributed by atoms with Gasteiger partial charge < -0.3 is 5.11 Å². The Morgan fingerprint density at radius 3 is 2.86 bits per heavy atom. The first-order valence-electron chi connectivity index (χ1n) is 4.63. The third kappa shape index (κ3) is 1.47. The third-order valence-corrected chi connectivity index (χ3v) is 2.85. The van der Waals surface area contributed by atoms with Crippen LogP contribution in [0.3, 0.4) is 0 Å². The van der Waals surface area contributed by atoms with Gasteiger partial charge in [0.05, 0.1) is 5.41 Å². The van der Waals surface area contributed by atoms with E-state index in [0.717, 1.165) is 24.1 Å². The molecule has 1 fully saturated rings. The Bertz CT molecular complexity index is 372. The number of aliphatic carboxylic acids is 1. The van der Waals surface area contributed by atoms with Crippen LogP contribution in [0.25, 0.3) is 0 Å². The second-order valence-electron chi connectivity index (χ2n) is 3.90. The van der Waals surface area contributed by atoms with Crippen molar-refractivity contribution in [2.24, 2.45) is 5.41 Å². The maximum Gasteiger partial charge on any atom is 0.309 e. The lowest BCUT2D eigenvalue weighted by Gasteiger charge is -2.10. The van der Waals surface area contributed by atoms with Gasteiger partial charge in [0, 0.05) is 11.9 Å². The van der Waals surface area contributed by atoms with Crippen LogP contribution < -0.4 is 0 Å². The van der Waals surface area contributed by atoms with E-state index in [-0.39, 0.29) is 0 Å². The normalized spacial score (nSPS) is 17.8. The molecule has 0 atom stereocenters. The maximum absolute atomic E-state index is 11.0. The number of nitrogens with zero attached hydrogens (tertiary/aromatic N) is 2. The topological polar surface area (TPSA) is 63.1 Å². The standard InChI is InChI=1S/C10H12N2O2/c1-7-8(5-11-6-12-7)4-10(2-3-10)9(13)14/h5-6H,2-4H2,1H3,(H,13,14). The molecule has 1 aliphatic rings. The van der Waals surface area contributed by atoms with E-state index in [1.807, 2.05) is 6.92 Å². The van der Waals surface area contributed by atoms with E-state index in [9.17, 15) is 4.79 Å². The van der Waals surface area contributed by atoms with Gasteiger partial charge in [0.25, 0.3) is 0 Å². The fourth-order valence-corrected chi connectivity index (χ4v) is 1.57. The van der Waals surface area contributed by atoms with Gasteiger partial charge in [-0.25, -0.2) is 9.97 Å². The second kappa shape index (κ2) is 3.04. The number of rotatable bonds is 3. The largest absolute Gasteiger partial charge is 0.481 e. The highest BCUT2D eigenvalue weighted by Crippen LogP contribution is 2.48. The summed E-state index contributed by atoms with van der Waals surface area (Å²) in [5.74, 6) is -0.694. The number of aryl methyl sites for hydroxylation is 1. The Labute approximate surface area is 82.0 Å². The van der Waals surface area contributed by atoms with Crippen molar-refractivity contribution < 1.29 is 9.90 Å². The zero-order valence-corrected chi connectivity index (χ0v) is 8.03. The van der Waals surface area contributed by atoms with Crippen LogP contribution in [0.4, 0.5) is 0 Å². The highest BCUT2D eigenvalue weighted by atomic mass is 16.4. The fraction of sp³-hybridized carbons (Fsp3) is 0.500. The average Bonchev–Trinajstić information content (AvgIpc) is 2.90. The maximum atomic E-state index is 11.0. The molecule has 0 aromatic carbocycles. The van der Waals surface area contributed by atoms with Gasteiger partial charge in [0.15, 0.2) is 0 Å². The highest BCUT2D eigenvalue weighted by molar-refractivity contribution is 5.78. The lowest BCUT2D eigenvalue weighted by Crippen LogP contribution is -2.18. The molecule has 1 saturated carbocycles. The van der Waals surface area contributed by atoms with Crippen molar-refractivity contribution >= 4 is 5.97 Å². The lowest BCUT2D eigenvalue weighted by molar-refractivity contribution is -0.143. The van der Waals surface area contributed by atoms with Gasteiger partial charge in [0.2, 0.25) is 0 Å². The molecule has 0 saturated heterocycles. The zero-order chi connectivity index (χ0) is 10.2. The summed E-state index contributed by atoms with van der Waals surface area (Å²) in [4.78, 5) is 18.9. The molecule has 1 aromatic heterocycles. The summed E-state index contributed by atoms with van der Waals surface area (Å²) in [7, 11) is 0. The summed E-state index contributed by atoms with van der Waals surface area (Å²) in [6, 6.07) is 0. The summed E-state index contributed by atoms with van der Waals surface area (Å²) >= 11 is 0. The van der Waals surface area contributed by atoms with Crippen LogP contribution in [0.2, 0.25) is 0 Å². The predicted molar refractivity (Wildman–Crippen MR) is 49.8 cm³/mol. The van der Waals surface area contributed by atoms with E-state index in [1.165, 1.54) is 6.33 Å². The molecular weight excluding hydrogens is 180 g/mol. The molecule has 4 nitrogen and oxygen atoms in total. The number of carboxylic acid groups (broad SMARTS) is 1. The minimum absolute atomic E-state index is 0.518. The van der Waals surface area contributed by atoms with Crippen LogP contribution >= 0.6 is 0 Å². The van der Waals surface area contributed by atoms with Gasteiger partial charge >= 0.3 is 5.97 Å². The fourth-order valence-electron chi connectivity index (χ4n) is 1.57. The van der Waals surface area contributed by atoms with Gasteiger partial charge in [0.1, 0.15) is 6.33 Å². The summed E-state index contributed by atoms with van der Waals surface area (Å²) < 4.78 is 0. The van der Waals surface area contributed by atoms with Gasteiger partial charge in [-0.05, 0) is 31.7 Å². The molecule has 14 heavy (non-hydrogen) atoms. The first-order chi connectivity index (χ1) is 6.64. The summed E-state index contributed by atoms with van der Waals surface area (Å²) in [6.45, 7) is 1.88. The average molecular weight is 192 g/mol. The van der Waals surface area contributed by atoms with Gasteiger partial charge in [-0.1, -0.05) is 0 Å². The van der Waals surface area contributed by atoms with Crippen LogP contribution in [0.15, 0.2) is 12.5 Å². The number of hydrogen-bond donors (Lipinski definition) is 1. The van der Waals surface area contributed by atoms with E-state index in [4.69, 9.17) is 5.11 Å². The molecule has 1 N–H and O–H groups in total. The predicted octanol–water partition coefficient (Wildman–Crippen LogP) is 1.19. The second-order valence-corrected chi connectivity index (χ2v) is 3.90. The molecule has 0 spiro atoms. The Kier molecular flexibility index (Phi) is 1.98. The molecular formula is C10H12N2O2. The van der Waals surface area contributed by atoms with Crippen LogP contribution in [0.1, 0.15) is 24.1 Å². The molecule has 1 heterocycles. The van der Waals surface area contributed by atoms with Crippen molar-refractivity contribution in [3.05, 3.63) is 23.8 Å². The van der Waals surface area contributed by atoms with E-state index < -0.39 is 11.4 Å². The zero-order valence-electron chi connectivity index (χ0n) is 8.03. The van der Waals surface area contributed by atoms with Crippen molar-refractivity contribution in [2.75, 3.05) is 0 Å². The Morgan fingerprint density at radius 2 is 2.36 bits per heavy atom. The number of carbonyl (C=O) groups is 1. The van der Waals surface area contributed by atoms with Gasteiger partial charge in [-0.15, -0.1) is 0 Å². The van der Waals surface area contributed by atoms with Gasteiger partial charge in [-0.2, -0.15) is 0 Å². The SMILES string of the molecule is Cc1ncncc1CC1(C(=O)O)CC1. The molecule has 1 aliphatic carbocycles. The molecule has 0 aliphatic heterocycles. The summed E-state index contributed by atoms with van der Waals surface area (Å²) in [6.07, 6.45) is 5.31. The van der Waals surface area contributed by atoms with Crippen LogP contribution in [-0.2, 0) is 11.2 Å². The molecule has 2 rings (SSSR count). The highest BCUT2D eigenvalue weighted by Gasteiger charge is 2.50. The first-order valence-corrected chi connectivity index (χ1v) is 4.63. The molecule has 0 amide bonds. The van der Waals surface area contributed by atoms with E-state index in [1.54, 1.807) is 6.20 Å². The molecule has 4 heteroatoms. The minimum atomic E-state index is -0.694. The first kappa shape index (κ1) is 9.12. The van der Waals surface area contributed by atoms with E-state index in [0.29, 0.717) is 6.42 Å². The van der Waals surface area contributed by atoms with Crippen molar-refractivity contribution in [1.82, 2.24) is 9.97 Å². The van der Waals surface area contributed by atoms with E-state index in [2.05, 4.69) is 9.97 Å². The van der Waals surface area contributed by atoms with Crippen molar-refractivity contribution in [2.45, 2.75) is 26.2 Å². The number of hydrogen-bond acceptors (Lipinski definition) is 3. The van der Waals surface area contributed by atoms with E-state index >= 15 is 0 Å². The molecule has 74 valence electrons. The smallest absolute Gasteiger partial charge is 0.309 e. The van der Waals surface area contributed by atoms with Crippen LogP contribution in [0.5, 0.6) is 0 Å². The third-order valence-electron chi connectivity index (χ3n) is 2.85. The molecule has 1 aromatic rings. The Balaban J connectivity index is 2.19. The number of aromatic nitrogens is 2. The molecule has 0 bridgehead atoms. The lowest BCUT2D eigenvalue weighted by atomic mass is 9.97. The Morgan fingerprint density at radius 1 is 1.64 bits per heavy atom. The molecule has 0 unspecified atom stereocenters. The monoisotopic (exact) mass is 192 g/mol. The van der Waals surface area contributed by atoms with Crippen LogP contribution in [-0.4, -0.2) is 21.0 Å². The van der Waals surface area contributed by atoms with Crippen molar-refractivity contribution in [1.29, 1.82) is 0 Å². The molecule has 0 radical (unpaired) electrons. The summed E-state index contributed by atoms with van der Waals surface area (Å²) in [5, 5.41) is 9.02.